The number of hydrogen-bond donors (Lipinski definition) is 1. The molecule has 0 amide bonds. The molecule has 0 atom stereocenters. The number of rotatable bonds is 3. The van der Waals surface area contributed by atoms with Crippen molar-refractivity contribution in [2.45, 2.75) is 13.5 Å². The first-order chi connectivity index (χ1) is 10.5. The van der Waals surface area contributed by atoms with Gasteiger partial charge in [-0.25, -0.2) is 9.37 Å². The third-order valence-corrected chi connectivity index (χ3v) is 3.91. The minimum atomic E-state index is -0.368. The van der Waals surface area contributed by atoms with Crippen LogP contribution in [0.4, 0.5) is 10.2 Å². The van der Waals surface area contributed by atoms with E-state index in [4.69, 9.17) is 23.2 Å². The fraction of sp³-hybridized carbons (Fsp3) is 0.118. The molecular formula is C17H13Cl2FN2. The van der Waals surface area contributed by atoms with Gasteiger partial charge in [-0.1, -0.05) is 35.3 Å². The summed E-state index contributed by atoms with van der Waals surface area (Å²) in [7, 11) is 0. The zero-order chi connectivity index (χ0) is 15.7. The van der Waals surface area contributed by atoms with Gasteiger partial charge in [-0.3, -0.25) is 0 Å². The van der Waals surface area contributed by atoms with Crippen molar-refractivity contribution < 1.29 is 4.39 Å². The number of nitrogens with zero attached hydrogens (tertiary/aromatic N) is 1. The molecule has 0 aliphatic heterocycles. The Hall–Kier alpha value is -1.84. The van der Waals surface area contributed by atoms with Crippen LogP contribution in [0.5, 0.6) is 0 Å². The van der Waals surface area contributed by atoms with Gasteiger partial charge in [0.25, 0.3) is 0 Å². The number of anilines is 1. The topological polar surface area (TPSA) is 24.9 Å². The number of pyridine rings is 1. The highest BCUT2D eigenvalue weighted by atomic mass is 35.5. The van der Waals surface area contributed by atoms with Crippen molar-refractivity contribution in [2.24, 2.45) is 0 Å². The van der Waals surface area contributed by atoms with Crippen molar-refractivity contribution in [3.05, 3.63) is 69.5 Å². The van der Waals surface area contributed by atoms with Crippen LogP contribution in [-0.4, -0.2) is 4.98 Å². The maximum absolute atomic E-state index is 14.1. The molecule has 1 N–H and O–H groups in total. The van der Waals surface area contributed by atoms with Crippen LogP contribution in [0.2, 0.25) is 10.0 Å². The third kappa shape index (κ3) is 3.16. The number of hydrogen-bond acceptors (Lipinski definition) is 2. The zero-order valence-corrected chi connectivity index (χ0v) is 13.3. The Labute approximate surface area is 137 Å². The molecule has 1 aromatic heterocycles. The molecule has 1 heterocycles. The van der Waals surface area contributed by atoms with Crippen molar-refractivity contribution in [1.29, 1.82) is 0 Å². The van der Waals surface area contributed by atoms with Crippen LogP contribution in [0.15, 0.2) is 42.5 Å². The van der Waals surface area contributed by atoms with Gasteiger partial charge in [0.2, 0.25) is 0 Å². The van der Waals surface area contributed by atoms with Gasteiger partial charge in [0.15, 0.2) is 0 Å². The van der Waals surface area contributed by atoms with Gasteiger partial charge in [-0.2, -0.15) is 0 Å². The molecule has 0 aliphatic carbocycles. The first-order valence-corrected chi connectivity index (χ1v) is 7.53. The van der Waals surface area contributed by atoms with Gasteiger partial charge in [-0.15, -0.1) is 0 Å². The van der Waals surface area contributed by atoms with Crippen molar-refractivity contribution in [2.75, 3.05) is 5.32 Å². The average molecular weight is 335 g/mol. The molecule has 0 spiro atoms. The molecule has 0 radical (unpaired) electrons. The van der Waals surface area contributed by atoms with Gasteiger partial charge in [0.05, 0.1) is 5.02 Å². The van der Waals surface area contributed by atoms with Crippen molar-refractivity contribution in [3.63, 3.8) is 0 Å². The molecule has 0 saturated carbocycles. The van der Waals surface area contributed by atoms with Crippen LogP contribution >= 0.6 is 23.2 Å². The molecular weight excluding hydrogens is 322 g/mol. The van der Waals surface area contributed by atoms with Crippen LogP contribution < -0.4 is 5.32 Å². The SMILES string of the molecule is Cc1cc(F)c2nc(NCc3ccc(Cl)cc3)cc(Cl)c2c1. The summed E-state index contributed by atoms with van der Waals surface area (Å²) >= 11 is 12.1. The molecule has 3 rings (SSSR count). The average Bonchev–Trinajstić information content (AvgIpc) is 2.48. The molecule has 0 unspecified atom stereocenters. The molecule has 3 aromatic rings. The molecule has 112 valence electrons. The van der Waals surface area contributed by atoms with Crippen LogP contribution in [0.25, 0.3) is 10.9 Å². The number of aromatic nitrogens is 1. The number of nitrogens with one attached hydrogen (secondary N) is 1. The fourth-order valence-electron chi connectivity index (χ4n) is 2.27. The lowest BCUT2D eigenvalue weighted by molar-refractivity contribution is 0.636. The Morgan fingerprint density at radius 2 is 1.82 bits per heavy atom. The molecule has 0 aliphatic rings. The fourth-order valence-corrected chi connectivity index (χ4v) is 2.64. The lowest BCUT2D eigenvalue weighted by Gasteiger charge is -2.09. The van der Waals surface area contributed by atoms with Crippen LogP contribution in [0.3, 0.4) is 0 Å². The van der Waals surface area contributed by atoms with E-state index in [2.05, 4.69) is 10.3 Å². The summed E-state index contributed by atoms with van der Waals surface area (Å²) in [5, 5.41) is 4.94. The van der Waals surface area contributed by atoms with E-state index in [1.807, 2.05) is 37.3 Å². The number of fused-ring (bicyclic) bond motifs is 1. The Bertz CT molecular complexity index is 832. The Morgan fingerprint density at radius 1 is 1.09 bits per heavy atom. The standard InChI is InChI=1S/C17H13Cl2FN2/c1-10-6-13-14(19)8-16(22-17(13)15(20)7-10)21-9-11-2-4-12(18)5-3-11/h2-8H,9H2,1H3,(H,21,22). The molecule has 2 aromatic carbocycles. The first-order valence-electron chi connectivity index (χ1n) is 6.77. The number of halogens is 3. The second-order valence-electron chi connectivity index (χ2n) is 5.11. The lowest BCUT2D eigenvalue weighted by Crippen LogP contribution is -2.02. The molecule has 0 saturated heterocycles. The minimum absolute atomic E-state index is 0.275. The van der Waals surface area contributed by atoms with Crippen LogP contribution in [0, 0.1) is 12.7 Å². The number of benzene rings is 2. The predicted octanol–water partition coefficient (Wildman–Crippen LogP) is 5.60. The normalized spacial score (nSPS) is 10.9. The van der Waals surface area contributed by atoms with E-state index in [1.54, 1.807) is 6.07 Å². The summed E-state index contributed by atoms with van der Waals surface area (Å²) in [5.74, 6) is 0.169. The summed E-state index contributed by atoms with van der Waals surface area (Å²) in [4.78, 5) is 4.31. The van der Waals surface area contributed by atoms with Gasteiger partial charge < -0.3 is 5.32 Å². The Balaban J connectivity index is 1.90. The summed E-state index contributed by atoms with van der Waals surface area (Å²) in [6.07, 6.45) is 0. The molecule has 0 bridgehead atoms. The lowest BCUT2D eigenvalue weighted by atomic mass is 10.1. The van der Waals surface area contributed by atoms with Crippen LogP contribution in [0.1, 0.15) is 11.1 Å². The summed E-state index contributed by atoms with van der Waals surface area (Å²) in [5.41, 5.74) is 2.14. The predicted molar refractivity (Wildman–Crippen MR) is 90.2 cm³/mol. The highest BCUT2D eigenvalue weighted by Gasteiger charge is 2.09. The molecule has 5 heteroatoms. The molecule has 0 fully saturated rings. The van der Waals surface area contributed by atoms with Gasteiger partial charge in [-0.05, 0) is 48.4 Å². The van der Waals surface area contributed by atoms with Gasteiger partial charge in [0.1, 0.15) is 17.2 Å². The van der Waals surface area contributed by atoms with Crippen molar-refractivity contribution in [1.82, 2.24) is 4.98 Å². The highest BCUT2D eigenvalue weighted by Crippen LogP contribution is 2.28. The van der Waals surface area contributed by atoms with E-state index in [0.717, 1.165) is 11.1 Å². The van der Waals surface area contributed by atoms with Crippen molar-refractivity contribution in [3.8, 4) is 0 Å². The summed E-state index contributed by atoms with van der Waals surface area (Å²) in [6.45, 7) is 2.38. The quantitative estimate of drug-likeness (QED) is 0.674. The molecule has 22 heavy (non-hydrogen) atoms. The highest BCUT2D eigenvalue weighted by molar-refractivity contribution is 6.35. The largest absolute Gasteiger partial charge is 0.366 e. The van der Waals surface area contributed by atoms with Crippen molar-refractivity contribution >= 4 is 39.9 Å². The smallest absolute Gasteiger partial charge is 0.149 e. The third-order valence-electron chi connectivity index (χ3n) is 3.35. The Morgan fingerprint density at radius 3 is 2.55 bits per heavy atom. The van der Waals surface area contributed by atoms with E-state index >= 15 is 0 Å². The maximum Gasteiger partial charge on any atom is 0.149 e. The first kappa shape index (κ1) is 15.1. The summed E-state index contributed by atoms with van der Waals surface area (Å²) in [6, 6.07) is 12.5. The van der Waals surface area contributed by atoms with E-state index in [-0.39, 0.29) is 11.3 Å². The monoisotopic (exact) mass is 334 g/mol. The van der Waals surface area contributed by atoms with E-state index in [9.17, 15) is 4.39 Å². The minimum Gasteiger partial charge on any atom is -0.366 e. The van der Waals surface area contributed by atoms with Gasteiger partial charge >= 0.3 is 0 Å². The second-order valence-corrected chi connectivity index (χ2v) is 5.96. The zero-order valence-electron chi connectivity index (χ0n) is 11.8. The Kier molecular flexibility index (Phi) is 4.19. The number of aryl methyl sites for hydroxylation is 1. The second kappa shape index (κ2) is 6.11. The maximum atomic E-state index is 14.1. The van der Waals surface area contributed by atoms with Crippen LogP contribution in [-0.2, 0) is 6.54 Å². The summed E-state index contributed by atoms with van der Waals surface area (Å²) < 4.78 is 14.1. The van der Waals surface area contributed by atoms with E-state index in [1.165, 1.54) is 6.07 Å². The van der Waals surface area contributed by atoms with E-state index < -0.39 is 0 Å². The van der Waals surface area contributed by atoms with E-state index in [0.29, 0.717) is 27.8 Å². The van der Waals surface area contributed by atoms with Gasteiger partial charge in [0, 0.05) is 17.0 Å². The molecule has 2 nitrogen and oxygen atoms in total.